The second kappa shape index (κ2) is 5.83. The SMILES string of the molecule is CC(C)(NC(=O)c1nc(Cl)sc1C(=O)O)c1ccccc1. The van der Waals surface area contributed by atoms with Gasteiger partial charge in [0.05, 0.1) is 5.54 Å². The summed E-state index contributed by atoms with van der Waals surface area (Å²) < 4.78 is 0.0232. The molecule has 0 aliphatic heterocycles. The number of nitrogens with one attached hydrogen (secondary N) is 1. The normalized spacial score (nSPS) is 11.2. The minimum atomic E-state index is -1.22. The summed E-state index contributed by atoms with van der Waals surface area (Å²) in [5.74, 6) is -1.79. The number of hydrogen-bond donors (Lipinski definition) is 2. The zero-order valence-corrected chi connectivity index (χ0v) is 13.0. The molecule has 2 rings (SSSR count). The molecule has 7 heteroatoms. The molecule has 1 amide bonds. The Bertz CT molecular complexity index is 683. The Kier molecular flexibility index (Phi) is 4.29. The number of aromatic carboxylic acids is 1. The number of carboxylic acid groups (broad SMARTS) is 1. The van der Waals surface area contributed by atoms with Crippen molar-refractivity contribution < 1.29 is 14.7 Å². The third-order valence-electron chi connectivity index (χ3n) is 2.93. The number of nitrogens with zero attached hydrogens (tertiary/aromatic N) is 1. The number of benzene rings is 1. The molecular weight excluding hydrogens is 312 g/mol. The number of hydrogen-bond acceptors (Lipinski definition) is 4. The van der Waals surface area contributed by atoms with Crippen molar-refractivity contribution in [1.29, 1.82) is 0 Å². The third kappa shape index (κ3) is 3.40. The molecule has 0 saturated carbocycles. The van der Waals surface area contributed by atoms with Crippen molar-refractivity contribution in [2.75, 3.05) is 0 Å². The van der Waals surface area contributed by atoms with Gasteiger partial charge in [0.1, 0.15) is 4.88 Å². The Morgan fingerprint density at radius 1 is 1.29 bits per heavy atom. The summed E-state index contributed by atoms with van der Waals surface area (Å²) in [4.78, 5) is 27.0. The molecule has 110 valence electrons. The Balaban J connectivity index is 2.28. The van der Waals surface area contributed by atoms with Gasteiger partial charge in [-0.15, -0.1) is 0 Å². The van der Waals surface area contributed by atoms with Crippen LogP contribution in [0.4, 0.5) is 0 Å². The number of halogens is 1. The standard InChI is InChI=1S/C14H13ClN2O3S/c1-14(2,8-6-4-3-5-7-8)17-11(18)9-10(12(19)20)21-13(15)16-9/h3-7H,1-2H3,(H,17,18)(H,19,20). The zero-order chi connectivity index (χ0) is 15.6. The predicted molar refractivity (Wildman–Crippen MR) is 81.0 cm³/mol. The molecule has 0 radical (unpaired) electrons. The second-order valence-electron chi connectivity index (χ2n) is 4.89. The van der Waals surface area contributed by atoms with E-state index in [2.05, 4.69) is 10.3 Å². The quantitative estimate of drug-likeness (QED) is 0.905. The fourth-order valence-electron chi connectivity index (χ4n) is 1.86. The predicted octanol–water partition coefficient (Wildman–Crippen LogP) is 3.16. The summed E-state index contributed by atoms with van der Waals surface area (Å²) in [5, 5.41) is 11.9. The smallest absolute Gasteiger partial charge is 0.348 e. The summed E-state index contributed by atoms with van der Waals surface area (Å²) in [6.07, 6.45) is 0. The minimum Gasteiger partial charge on any atom is -0.477 e. The van der Waals surface area contributed by atoms with Crippen molar-refractivity contribution in [3.8, 4) is 0 Å². The summed E-state index contributed by atoms with van der Waals surface area (Å²) in [6, 6.07) is 9.38. The molecule has 0 aliphatic carbocycles. The van der Waals surface area contributed by atoms with E-state index < -0.39 is 17.4 Å². The molecule has 0 aliphatic rings. The maximum absolute atomic E-state index is 12.3. The first-order valence-electron chi connectivity index (χ1n) is 6.09. The Morgan fingerprint density at radius 3 is 2.48 bits per heavy atom. The molecular formula is C14H13ClN2O3S. The first-order valence-corrected chi connectivity index (χ1v) is 7.28. The van der Waals surface area contributed by atoms with Crippen molar-refractivity contribution >= 4 is 34.8 Å². The molecule has 2 aromatic rings. The van der Waals surface area contributed by atoms with E-state index in [0.717, 1.165) is 16.9 Å². The molecule has 0 saturated heterocycles. The molecule has 2 N–H and O–H groups in total. The van der Waals surface area contributed by atoms with Crippen molar-refractivity contribution in [2.24, 2.45) is 0 Å². The maximum Gasteiger partial charge on any atom is 0.348 e. The van der Waals surface area contributed by atoms with E-state index >= 15 is 0 Å². The number of amides is 1. The van der Waals surface area contributed by atoms with Crippen molar-refractivity contribution in [3.05, 3.63) is 50.9 Å². The third-order valence-corrected chi connectivity index (χ3v) is 4.08. The van der Waals surface area contributed by atoms with Gasteiger partial charge in [-0.05, 0) is 19.4 Å². The van der Waals surface area contributed by atoms with Crippen LogP contribution in [0.2, 0.25) is 4.47 Å². The van der Waals surface area contributed by atoms with Crippen LogP contribution in [0.15, 0.2) is 30.3 Å². The fraction of sp³-hybridized carbons (Fsp3) is 0.214. The van der Waals surface area contributed by atoms with Crippen molar-refractivity contribution in [1.82, 2.24) is 10.3 Å². The lowest BCUT2D eigenvalue weighted by molar-refractivity contribution is 0.0694. The lowest BCUT2D eigenvalue weighted by Crippen LogP contribution is -2.41. The maximum atomic E-state index is 12.3. The van der Waals surface area contributed by atoms with Crippen LogP contribution in [0.1, 0.15) is 39.6 Å². The molecule has 5 nitrogen and oxygen atoms in total. The average molecular weight is 325 g/mol. The Morgan fingerprint density at radius 2 is 1.90 bits per heavy atom. The van der Waals surface area contributed by atoms with Gasteiger partial charge in [-0.1, -0.05) is 53.3 Å². The average Bonchev–Trinajstić information content (AvgIpc) is 2.82. The van der Waals surface area contributed by atoms with Crippen LogP contribution in [-0.2, 0) is 5.54 Å². The van der Waals surface area contributed by atoms with Gasteiger partial charge in [0.25, 0.3) is 5.91 Å². The number of carbonyl (C=O) groups excluding carboxylic acids is 1. The number of aromatic nitrogens is 1. The van der Waals surface area contributed by atoms with E-state index in [0.29, 0.717) is 0 Å². The van der Waals surface area contributed by atoms with Crippen molar-refractivity contribution in [2.45, 2.75) is 19.4 Å². The van der Waals surface area contributed by atoms with Crippen LogP contribution in [0.3, 0.4) is 0 Å². The molecule has 21 heavy (non-hydrogen) atoms. The van der Waals surface area contributed by atoms with E-state index in [1.54, 1.807) is 0 Å². The number of carbonyl (C=O) groups is 2. The number of thiazole rings is 1. The van der Waals surface area contributed by atoms with Gasteiger partial charge in [0, 0.05) is 0 Å². The fourth-order valence-corrected chi connectivity index (χ4v) is 2.81. The molecule has 0 atom stereocenters. The van der Waals surface area contributed by atoms with E-state index in [9.17, 15) is 9.59 Å². The lowest BCUT2D eigenvalue weighted by Gasteiger charge is -2.26. The number of carboxylic acids is 1. The van der Waals surface area contributed by atoms with Gasteiger partial charge in [0.15, 0.2) is 10.2 Å². The van der Waals surface area contributed by atoms with Gasteiger partial charge in [0.2, 0.25) is 0 Å². The topological polar surface area (TPSA) is 79.3 Å². The van der Waals surface area contributed by atoms with Gasteiger partial charge in [-0.25, -0.2) is 9.78 Å². The number of rotatable bonds is 4. The van der Waals surface area contributed by atoms with Gasteiger partial charge in [-0.3, -0.25) is 4.79 Å². The first kappa shape index (κ1) is 15.5. The van der Waals surface area contributed by atoms with E-state index in [1.165, 1.54) is 0 Å². The lowest BCUT2D eigenvalue weighted by atomic mass is 9.94. The highest BCUT2D eigenvalue weighted by Gasteiger charge is 2.28. The van der Waals surface area contributed by atoms with Gasteiger partial charge < -0.3 is 10.4 Å². The summed E-state index contributed by atoms with van der Waals surface area (Å²) in [5.41, 5.74) is 0.0718. The molecule has 0 spiro atoms. The van der Waals surface area contributed by atoms with E-state index in [-0.39, 0.29) is 15.0 Å². The monoisotopic (exact) mass is 324 g/mol. The molecule has 0 unspecified atom stereocenters. The molecule has 0 fully saturated rings. The highest BCUT2D eigenvalue weighted by molar-refractivity contribution is 7.17. The van der Waals surface area contributed by atoms with Crippen LogP contribution in [0, 0.1) is 0 Å². The van der Waals surface area contributed by atoms with Crippen LogP contribution < -0.4 is 5.32 Å². The highest BCUT2D eigenvalue weighted by Crippen LogP contribution is 2.25. The minimum absolute atomic E-state index is 0.0232. The molecule has 1 aromatic heterocycles. The highest BCUT2D eigenvalue weighted by atomic mass is 35.5. The molecule has 1 aromatic carbocycles. The molecule has 1 heterocycles. The second-order valence-corrected chi connectivity index (χ2v) is 6.48. The summed E-state index contributed by atoms with van der Waals surface area (Å²) >= 11 is 6.47. The van der Waals surface area contributed by atoms with Crippen LogP contribution >= 0.6 is 22.9 Å². The first-order chi connectivity index (χ1) is 9.81. The molecule has 0 bridgehead atoms. The largest absolute Gasteiger partial charge is 0.477 e. The van der Waals surface area contributed by atoms with Gasteiger partial charge in [-0.2, -0.15) is 0 Å². The Hall–Kier alpha value is -1.92. The van der Waals surface area contributed by atoms with E-state index in [1.807, 2.05) is 44.2 Å². The van der Waals surface area contributed by atoms with E-state index in [4.69, 9.17) is 16.7 Å². The zero-order valence-electron chi connectivity index (χ0n) is 11.4. The van der Waals surface area contributed by atoms with Crippen LogP contribution in [0.5, 0.6) is 0 Å². The van der Waals surface area contributed by atoms with Gasteiger partial charge >= 0.3 is 5.97 Å². The Labute approximate surface area is 130 Å². The summed E-state index contributed by atoms with van der Waals surface area (Å²) in [7, 11) is 0. The van der Waals surface area contributed by atoms with Crippen LogP contribution in [0.25, 0.3) is 0 Å². The van der Waals surface area contributed by atoms with Crippen LogP contribution in [-0.4, -0.2) is 22.0 Å². The summed E-state index contributed by atoms with van der Waals surface area (Å²) in [6.45, 7) is 3.66. The van der Waals surface area contributed by atoms with Crippen molar-refractivity contribution in [3.63, 3.8) is 0 Å².